The van der Waals surface area contributed by atoms with E-state index in [0.717, 1.165) is 14.7 Å². The standard InChI is InChI=1S/C18H18IN3O4/c1-9-12-6-7-22(17(12)21-8-20-9)18-15(25)14(24)16(26-18)13(23)10-2-4-11(19)5-3-10/h2-8,13-16,18,23-25H,1H3/t13-,14+,15-,16-,18-/m1/s1. The zero-order valence-corrected chi connectivity index (χ0v) is 16.1. The Bertz CT molecular complexity index is 930. The summed E-state index contributed by atoms with van der Waals surface area (Å²) in [5.74, 6) is 0. The molecule has 26 heavy (non-hydrogen) atoms. The van der Waals surface area contributed by atoms with Gasteiger partial charge in [-0.25, -0.2) is 9.97 Å². The highest BCUT2D eigenvalue weighted by atomic mass is 127. The van der Waals surface area contributed by atoms with Gasteiger partial charge in [0.2, 0.25) is 0 Å². The molecular formula is C18H18IN3O4. The van der Waals surface area contributed by atoms with Crippen molar-refractivity contribution in [3.63, 3.8) is 0 Å². The highest BCUT2D eigenvalue weighted by molar-refractivity contribution is 14.1. The number of aromatic nitrogens is 3. The monoisotopic (exact) mass is 467 g/mol. The Hall–Kier alpha value is -1.59. The van der Waals surface area contributed by atoms with Crippen molar-refractivity contribution in [2.24, 2.45) is 0 Å². The van der Waals surface area contributed by atoms with Gasteiger partial charge in [0.15, 0.2) is 6.23 Å². The molecule has 7 nitrogen and oxygen atoms in total. The van der Waals surface area contributed by atoms with Crippen LogP contribution < -0.4 is 0 Å². The SMILES string of the molecule is Cc1ncnc2c1ccn2[C@@H]1O[C@H]([C@H](O)c2ccc(I)cc2)[C@@H](O)[C@H]1O. The van der Waals surface area contributed by atoms with Gasteiger partial charge in [-0.3, -0.25) is 0 Å². The van der Waals surface area contributed by atoms with Crippen LogP contribution in [0, 0.1) is 10.5 Å². The zero-order valence-electron chi connectivity index (χ0n) is 13.9. The Kier molecular flexibility index (Phi) is 4.70. The van der Waals surface area contributed by atoms with Crippen LogP contribution in [0.1, 0.15) is 23.6 Å². The molecule has 1 aliphatic rings. The Morgan fingerprint density at radius 1 is 1.12 bits per heavy atom. The van der Waals surface area contributed by atoms with Gasteiger partial charge in [-0.1, -0.05) is 12.1 Å². The molecule has 0 aliphatic carbocycles. The minimum atomic E-state index is -1.23. The van der Waals surface area contributed by atoms with Gasteiger partial charge in [-0.2, -0.15) is 0 Å². The summed E-state index contributed by atoms with van der Waals surface area (Å²) in [7, 11) is 0. The minimum Gasteiger partial charge on any atom is -0.387 e. The molecule has 0 saturated carbocycles. The number of rotatable bonds is 3. The molecule has 1 aliphatic heterocycles. The lowest BCUT2D eigenvalue weighted by Crippen LogP contribution is -2.34. The molecule has 0 radical (unpaired) electrons. The van der Waals surface area contributed by atoms with Crippen LogP contribution in [-0.4, -0.2) is 48.2 Å². The summed E-state index contributed by atoms with van der Waals surface area (Å²) in [6, 6.07) is 9.14. The Morgan fingerprint density at radius 3 is 2.58 bits per heavy atom. The Morgan fingerprint density at radius 2 is 1.85 bits per heavy atom. The summed E-state index contributed by atoms with van der Waals surface area (Å²) in [5.41, 5.74) is 2.05. The molecule has 8 heteroatoms. The predicted molar refractivity (Wildman–Crippen MR) is 102 cm³/mol. The van der Waals surface area contributed by atoms with Crippen molar-refractivity contribution in [2.75, 3.05) is 0 Å². The number of nitrogens with zero attached hydrogens (tertiary/aromatic N) is 3. The highest BCUT2D eigenvalue weighted by Gasteiger charge is 2.47. The zero-order chi connectivity index (χ0) is 18.4. The molecule has 0 spiro atoms. The minimum absolute atomic E-state index is 0.609. The quantitative estimate of drug-likeness (QED) is 0.508. The van der Waals surface area contributed by atoms with Crippen LogP contribution in [0.25, 0.3) is 11.0 Å². The van der Waals surface area contributed by atoms with Crippen LogP contribution in [0.15, 0.2) is 42.9 Å². The second kappa shape index (κ2) is 6.86. The Labute approximate surface area is 163 Å². The fourth-order valence-corrected chi connectivity index (χ4v) is 3.69. The van der Waals surface area contributed by atoms with Crippen LogP contribution in [0.5, 0.6) is 0 Å². The van der Waals surface area contributed by atoms with Crippen molar-refractivity contribution in [1.82, 2.24) is 14.5 Å². The van der Waals surface area contributed by atoms with Gasteiger partial charge in [-0.15, -0.1) is 0 Å². The molecule has 3 N–H and O–H groups in total. The topological polar surface area (TPSA) is 101 Å². The van der Waals surface area contributed by atoms with Crippen molar-refractivity contribution in [2.45, 2.75) is 37.6 Å². The van der Waals surface area contributed by atoms with Crippen molar-refractivity contribution in [3.8, 4) is 0 Å². The molecule has 5 atom stereocenters. The molecule has 136 valence electrons. The molecular weight excluding hydrogens is 449 g/mol. The first-order valence-corrected chi connectivity index (χ1v) is 9.28. The van der Waals surface area contributed by atoms with E-state index in [9.17, 15) is 15.3 Å². The van der Waals surface area contributed by atoms with Crippen LogP contribution in [0.2, 0.25) is 0 Å². The van der Waals surface area contributed by atoms with E-state index in [0.29, 0.717) is 11.2 Å². The number of ether oxygens (including phenoxy) is 1. The molecule has 3 aromatic rings. The molecule has 1 aromatic carbocycles. The summed E-state index contributed by atoms with van der Waals surface area (Å²) in [6.45, 7) is 1.87. The van der Waals surface area contributed by atoms with Gasteiger partial charge < -0.3 is 24.6 Å². The van der Waals surface area contributed by atoms with Crippen molar-refractivity contribution in [1.29, 1.82) is 0 Å². The third kappa shape index (κ3) is 2.91. The fourth-order valence-electron chi connectivity index (χ4n) is 3.33. The molecule has 1 fully saturated rings. The lowest BCUT2D eigenvalue weighted by atomic mass is 9.99. The third-order valence-electron chi connectivity index (χ3n) is 4.78. The number of aliphatic hydroxyl groups is 3. The van der Waals surface area contributed by atoms with Crippen LogP contribution >= 0.6 is 22.6 Å². The van der Waals surface area contributed by atoms with Crippen molar-refractivity contribution in [3.05, 3.63) is 57.7 Å². The number of halogens is 1. The van der Waals surface area contributed by atoms with E-state index in [-0.39, 0.29) is 0 Å². The molecule has 0 amide bonds. The molecule has 2 aromatic heterocycles. The van der Waals surface area contributed by atoms with E-state index in [1.54, 1.807) is 22.9 Å². The maximum absolute atomic E-state index is 10.6. The van der Waals surface area contributed by atoms with Crippen LogP contribution in [-0.2, 0) is 4.74 Å². The molecule has 4 rings (SSSR count). The largest absolute Gasteiger partial charge is 0.387 e. The van der Waals surface area contributed by atoms with Gasteiger partial charge in [0.1, 0.15) is 36.4 Å². The second-order valence-electron chi connectivity index (χ2n) is 6.39. The van der Waals surface area contributed by atoms with Gasteiger partial charge in [0.05, 0.1) is 5.69 Å². The summed E-state index contributed by atoms with van der Waals surface area (Å²) in [5, 5.41) is 32.5. The average Bonchev–Trinajstić information content (AvgIpc) is 3.18. The smallest absolute Gasteiger partial charge is 0.164 e. The summed E-state index contributed by atoms with van der Waals surface area (Å²) < 4.78 is 8.58. The fraction of sp³-hybridized carbons (Fsp3) is 0.333. The molecule has 0 unspecified atom stereocenters. The maximum atomic E-state index is 10.6. The van der Waals surface area contributed by atoms with Gasteiger partial charge in [0.25, 0.3) is 0 Å². The van der Waals surface area contributed by atoms with Crippen molar-refractivity contribution >= 4 is 33.6 Å². The second-order valence-corrected chi connectivity index (χ2v) is 7.63. The number of aryl methyl sites for hydroxylation is 1. The van der Waals surface area contributed by atoms with E-state index in [2.05, 4.69) is 32.6 Å². The van der Waals surface area contributed by atoms with E-state index >= 15 is 0 Å². The summed E-state index contributed by atoms with van der Waals surface area (Å²) in [4.78, 5) is 8.41. The van der Waals surface area contributed by atoms with Gasteiger partial charge in [-0.05, 0) is 53.3 Å². The summed E-state index contributed by atoms with van der Waals surface area (Å²) >= 11 is 2.18. The third-order valence-corrected chi connectivity index (χ3v) is 5.50. The lowest BCUT2D eigenvalue weighted by Gasteiger charge is -2.21. The lowest BCUT2D eigenvalue weighted by molar-refractivity contribution is -0.0848. The molecule has 1 saturated heterocycles. The molecule has 3 heterocycles. The van der Waals surface area contributed by atoms with Gasteiger partial charge in [0, 0.05) is 15.2 Å². The van der Waals surface area contributed by atoms with E-state index < -0.39 is 30.6 Å². The first kappa shape index (κ1) is 17.8. The predicted octanol–water partition coefficient (Wildman–Crippen LogP) is 1.70. The first-order valence-electron chi connectivity index (χ1n) is 8.20. The number of fused-ring (bicyclic) bond motifs is 1. The summed E-state index contributed by atoms with van der Waals surface area (Å²) in [6.07, 6.45) is -2.08. The van der Waals surface area contributed by atoms with Crippen LogP contribution in [0.3, 0.4) is 0 Å². The van der Waals surface area contributed by atoms with E-state index in [1.165, 1.54) is 6.33 Å². The number of hydrogen-bond acceptors (Lipinski definition) is 6. The highest BCUT2D eigenvalue weighted by Crippen LogP contribution is 2.37. The number of hydrogen-bond donors (Lipinski definition) is 3. The number of aliphatic hydroxyl groups excluding tert-OH is 3. The number of benzene rings is 1. The van der Waals surface area contributed by atoms with Crippen molar-refractivity contribution < 1.29 is 20.1 Å². The van der Waals surface area contributed by atoms with E-state index in [4.69, 9.17) is 4.74 Å². The Balaban J connectivity index is 1.65. The first-order chi connectivity index (χ1) is 12.5. The van der Waals surface area contributed by atoms with Gasteiger partial charge >= 0.3 is 0 Å². The average molecular weight is 467 g/mol. The van der Waals surface area contributed by atoms with Crippen LogP contribution in [0.4, 0.5) is 0 Å². The normalized spacial score (nSPS) is 27.1. The van der Waals surface area contributed by atoms with E-state index in [1.807, 2.05) is 25.1 Å². The maximum Gasteiger partial charge on any atom is 0.164 e. The molecule has 0 bridgehead atoms.